The summed E-state index contributed by atoms with van der Waals surface area (Å²) in [5.41, 5.74) is 3.03. The molecule has 2 aliphatic rings. The van der Waals surface area contributed by atoms with Gasteiger partial charge in [-0.05, 0) is 68.2 Å². The van der Waals surface area contributed by atoms with E-state index in [4.69, 9.17) is 0 Å². The largest absolute Gasteiger partial charge is 0.207 e. The molecule has 0 spiro atoms. The Labute approximate surface area is 254 Å². The van der Waals surface area contributed by atoms with E-state index in [1.807, 2.05) is 17.3 Å². The van der Waals surface area contributed by atoms with Crippen LogP contribution in [0.5, 0.6) is 0 Å². The Kier molecular flexibility index (Phi) is 12.5. The topological polar surface area (TPSA) is 0 Å². The average molecular weight is 591 g/mol. The summed E-state index contributed by atoms with van der Waals surface area (Å²) >= 11 is 0. The summed E-state index contributed by atoms with van der Waals surface area (Å²) in [6, 6.07) is 21.3. The highest BCUT2D eigenvalue weighted by Crippen LogP contribution is 2.55. The molecular formula is C38H59FSi2. The Morgan fingerprint density at radius 1 is 0.463 bits per heavy atom. The van der Waals surface area contributed by atoms with Gasteiger partial charge in [0, 0.05) is 0 Å². The fraction of sp³-hybridized carbons (Fsp3) is 0.632. The lowest BCUT2D eigenvalue weighted by molar-refractivity contribution is 0.628. The van der Waals surface area contributed by atoms with Gasteiger partial charge in [0.15, 0.2) is 0 Å². The van der Waals surface area contributed by atoms with E-state index >= 15 is 4.39 Å². The number of fused-ring (bicyclic) bond motifs is 4. The van der Waals surface area contributed by atoms with Crippen LogP contribution in [0, 0.1) is 5.82 Å². The molecule has 0 nitrogen and oxygen atoms in total. The van der Waals surface area contributed by atoms with Gasteiger partial charge in [0.05, 0.1) is 0 Å². The van der Waals surface area contributed by atoms with Crippen LogP contribution >= 0.6 is 0 Å². The molecule has 4 rings (SSSR count). The normalized spacial score (nSPS) is 16.2. The number of benzene rings is 2. The van der Waals surface area contributed by atoms with E-state index < -0.39 is 16.1 Å². The van der Waals surface area contributed by atoms with Crippen molar-refractivity contribution in [2.75, 3.05) is 0 Å². The summed E-state index contributed by atoms with van der Waals surface area (Å²) in [7, 11) is -4.01. The van der Waals surface area contributed by atoms with Crippen LogP contribution in [0.25, 0.3) is 10.4 Å². The van der Waals surface area contributed by atoms with E-state index in [2.05, 4.69) is 58.0 Å². The third-order valence-electron chi connectivity index (χ3n) is 10.5. The highest BCUT2D eigenvalue weighted by molar-refractivity contribution is 7.21. The molecule has 226 valence electrons. The molecule has 0 fully saturated rings. The van der Waals surface area contributed by atoms with Gasteiger partial charge in [-0.1, -0.05) is 161 Å². The van der Waals surface area contributed by atoms with Crippen molar-refractivity contribution in [2.24, 2.45) is 0 Å². The lowest BCUT2D eigenvalue weighted by atomic mass is 10.1. The SMILES string of the molecule is CCCCCC[Si]1(CCCCCC)C2=C(c3ccccc31)[Si](CCCCCC)(CCCCCC)c1ccc(F)cc12. The van der Waals surface area contributed by atoms with Crippen molar-refractivity contribution in [2.45, 2.75) is 155 Å². The van der Waals surface area contributed by atoms with E-state index in [0.717, 1.165) is 0 Å². The molecule has 2 aromatic carbocycles. The Morgan fingerprint density at radius 3 is 1.34 bits per heavy atom. The van der Waals surface area contributed by atoms with Crippen LogP contribution in [-0.2, 0) is 0 Å². The molecule has 41 heavy (non-hydrogen) atoms. The lowest BCUT2D eigenvalue weighted by Crippen LogP contribution is -2.51. The number of hydrogen-bond acceptors (Lipinski definition) is 0. The van der Waals surface area contributed by atoms with Crippen molar-refractivity contribution in [3.8, 4) is 0 Å². The van der Waals surface area contributed by atoms with E-state index in [1.165, 1.54) is 132 Å². The average Bonchev–Trinajstić information content (AvgIpc) is 3.43. The van der Waals surface area contributed by atoms with E-state index in [-0.39, 0.29) is 5.82 Å². The molecule has 0 amide bonds. The van der Waals surface area contributed by atoms with E-state index in [9.17, 15) is 0 Å². The van der Waals surface area contributed by atoms with Crippen LogP contribution in [0.4, 0.5) is 4.39 Å². The summed E-state index contributed by atoms with van der Waals surface area (Å²) in [6.07, 6.45) is 21.2. The fourth-order valence-electron chi connectivity index (χ4n) is 8.49. The maximum atomic E-state index is 15.3. The third kappa shape index (κ3) is 6.87. The van der Waals surface area contributed by atoms with Gasteiger partial charge in [0.2, 0.25) is 0 Å². The van der Waals surface area contributed by atoms with Crippen LogP contribution in [0.1, 0.15) is 142 Å². The predicted octanol–water partition coefficient (Wildman–Crippen LogP) is 11.5. The van der Waals surface area contributed by atoms with Crippen LogP contribution in [0.2, 0.25) is 24.2 Å². The first-order valence-corrected chi connectivity index (χ1v) is 22.6. The highest BCUT2D eigenvalue weighted by Gasteiger charge is 2.57. The molecule has 0 radical (unpaired) electrons. The van der Waals surface area contributed by atoms with Crippen molar-refractivity contribution < 1.29 is 4.39 Å². The summed E-state index contributed by atoms with van der Waals surface area (Å²) in [4.78, 5) is 0. The number of hydrogen-bond donors (Lipinski definition) is 0. The van der Waals surface area contributed by atoms with Gasteiger partial charge in [0.25, 0.3) is 0 Å². The van der Waals surface area contributed by atoms with Crippen molar-refractivity contribution in [1.29, 1.82) is 0 Å². The van der Waals surface area contributed by atoms with E-state index in [1.54, 1.807) is 21.1 Å². The van der Waals surface area contributed by atoms with Crippen LogP contribution in [0.15, 0.2) is 42.5 Å². The molecule has 2 heterocycles. The Hall–Kier alpha value is -1.46. The minimum absolute atomic E-state index is 0.0202. The zero-order chi connectivity index (χ0) is 29.1. The van der Waals surface area contributed by atoms with Crippen molar-refractivity contribution in [3.05, 3.63) is 59.4 Å². The first-order chi connectivity index (χ1) is 20.1. The smallest absolute Gasteiger partial charge is 0.123 e. The standard InChI is InChI=1S/C38H59FSi2/c1-5-9-13-19-27-40(28-20-14-10-6-2)35-24-18-17-23-33(35)37-38(40)34-31-32(39)25-26-36(34)41(37,29-21-15-11-7-3)30-22-16-12-8-4/h17-18,23-26,31H,5-16,19-22,27-30H2,1-4H3. The Morgan fingerprint density at radius 2 is 0.878 bits per heavy atom. The fourth-order valence-corrected chi connectivity index (χ4v) is 21.6. The molecule has 2 aliphatic heterocycles. The second kappa shape index (κ2) is 15.9. The molecule has 3 heteroatoms. The number of rotatable bonds is 20. The van der Waals surface area contributed by atoms with Gasteiger partial charge in [-0.2, -0.15) is 0 Å². The minimum Gasteiger partial charge on any atom is -0.207 e. The van der Waals surface area contributed by atoms with Crippen LogP contribution in [-0.4, -0.2) is 16.1 Å². The summed E-state index contributed by atoms with van der Waals surface area (Å²) < 4.78 is 15.3. The van der Waals surface area contributed by atoms with Crippen LogP contribution < -0.4 is 10.4 Å². The first kappa shape index (κ1) is 32.5. The van der Waals surface area contributed by atoms with Crippen molar-refractivity contribution in [3.63, 3.8) is 0 Å². The molecule has 2 aromatic rings. The Balaban J connectivity index is 1.90. The van der Waals surface area contributed by atoms with Crippen LogP contribution in [0.3, 0.4) is 0 Å². The van der Waals surface area contributed by atoms with Crippen molar-refractivity contribution >= 4 is 36.9 Å². The third-order valence-corrected chi connectivity index (χ3v) is 21.5. The number of unbranched alkanes of at least 4 members (excludes halogenated alkanes) is 12. The van der Waals surface area contributed by atoms with Gasteiger partial charge in [0.1, 0.15) is 22.0 Å². The second-order valence-corrected chi connectivity index (χ2v) is 21.8. The molecule has 0 aliphatic carbocycles. The van der Waals surface area contributed by atoms with Gasteiger partial charge < -0.3 is 0 Å². The quantitative estimate of drug-likeness (QED) is 0.106. The molecule has 0 unspecified atom stereocenters. The van der Waals surface area contributed by atoms with Gasteiger partial charge in [-0.15, -0.1) is 0 Å². The summed E-state index contributed by atoms with van der Waals surface area (Å²) in [6.45, 7) is 9.32. The van der Waals surface area contributed by atoms with Crippen molar-refractivity contribution in [1.82, 2.24) is 0 Å². The molecular weight excluding hydrogens is 532 g/mol. The zero-order valence-corrected chi connectivity index (χ0v) is 29.1. The monoisotopic (exact) mass is 590 g/mol. The zero-order valence-electron chi connectivity index (χ0n) is 27.1. The molecule has 0 N–H and O–H groups in total. The highest BCUT2D eigenvalue weighted by atomic mass is 28.3. The molecule has 0 atom stereocenters. The first-order valence-electron chi connectivity index (χ1n) is 17.7. The molecule has 0 saturated heterocycles. The summed E-state index contributed by atoms with van der Waals surface area (Å²) in [5, 5.41) is 6.94. The molecule has 0 saturated carbocycles. The van der Waals surface area contributed by atoms with Gasteiger partial charge in [-0.3, -0.25) is 0 Å². The summed E-state index contributed by atoms with van der Waals surface area (Å²) in [5.74, 6) is -0.0202. The molecule has 0 bridgehead atoms. The maximum absolute atomic E-state index is 15.3. The lowest BCUT2D eigenvalue weighted by Gasteiger charge is -2.34. The molecule has 0 aromatic heterocycles. The second-order valence-electron chi connectivity index (χ2n) is 13.4. The maximum Gasteiger partial charge on any atom is 0.123 e. The van der Waals surface area contributed by atoms with Gasteiger partial charge >= 0.3 is 0 Å². The number of halogens is 1. The predicted molar refractivity (Wildman–Crippen MR) is 186 cm³/mol. The van der Waals surface area contributed by atoms with E-state index in [0.29, 0.717) is 0 Å². The van der Waals surface area contributed by atoms with Gasteiger partial charge in [-0.25, -0.2) is 4.39 Å². The Bertz CT molecular complexity index is 1110. The minimum atomic E-state index is -2.01.